The van der Waals surface area contributed by atoms with Crippen molar-refractivity contribution in [3.63, 3.8) is 0 Å². The van der Waals surface area contributed by atoms with E-state index in [0.717, 1.165) is 17.3 Å². The molecule has 0 aliphatic heterocycles. The standard InChI is InChI=1S/C8H8ClFN2O2/c1-12(14-2)8(13)7-3-5(9)6(10)4-11-7/h3-4H,1-2H3. The number of aromatic nitrogens is 1. The largest absolute Gasteiger partial charge is 0.295 e. The van der Waals surface area contributed by atoms with Gasteiger partial charge in [-0.1, -0.05) is 11.6 Å². The fourth-order valence-electron chi connectivity index (χ4n) is 0.775. The molecule has 1 aromatic heterocycles. The van der Waals surface area contributed by atoms with E-state index in [2.05, 4.69) is 9.82 Å². The fraction of sp³-hybridized carbons (Fsp3) is 0.250. The Labute approximate surface area is 85.2 Å². The monoisotopic (exact) mass is 218 g/mol. The zero-order valence-corrected chi connectivity index (χ0v) is 8.38. The Morgan fingerprint density at radius 1 is 1.71 bits per heavy atom. The molecule has 0 aliphatic carbocycles. The molecule has 0 bridgehead atoms. The van der Waals surface area contributed by atoms with Gasteiger partial charge in [0, 0.05) is 7.05 Å². The van der Waals surface area contributed by atoms with Crippen molar-refractivity contribution in [1.29, 1.82) is 0 Å². The van der Waals surface area contributed by atoms with Crippen molar-refractivity contribution in [2.45, 2.75) is 0 Å². The van der Waals surface area contributed by atoms with Crippen LogP contribution in [0.4, 0.5) is 4.39 Å². The molecule has 0 aliphatic rings. The highest BCUT2D eigenvalue weighted by Gasteiger charge is 2.14. The number of hydrogen-bond donors (Lipinski definition) is 0. The number of carbonyl (C=O) groups excluding carboxylic acids is 1. The van der Waals surface area contributed by atoms with Gasteiger partial charge in [-0.25, -0.2) is 14.4 Å². The minimum absolute atomic E-state index is 0.0285. The van der Waals surface area contributed by atoms with Crippen LogP contribution in [-0.4, -0.2) is 30.1 Å². The first-order chi connectivity index (χ1) is 6.56. The molecule has 0 N–H and O–H groups in total. The Balaban J connectivity index is 2.97. The van der Waals surface area contributed by atoms with E-state index in [-0.39, 0.29) is 10.7 Å². The lowest BCUT2D eigenvalue weighted by Gasteiger charge is -2.12. The van der Waals surface area contributed by atoms with Crippen LogP contribution in [0.2, 0.25) is 5.02 Å². The van der Waals surface area contributed by atoms with Gasteiger partial charge in [-0.15, -0.1) is 0 Å². The van der Waals surface area contributed by atoms with Crippen LogP contribution in [0.3, 0.4) is 0 Å². The summed E-state index contributed by atoms with van der Waals surface area (Å²) < 4.78 is 12.7. The maximum atomic E-state index is 12.7. The maximum Gasteiger partial charge on any atom is 0.295 e. The SMILES string of the molecule is CON(C)C(=O)c1cc(Cl)c(F)cn1. The topological polar surface area (TPSA) is 42.4 Å². The van der Waals surface area contributed by atoms with Crippen LogP contribution in [-0.2, 0) is 4.84 Å². The summed E-state index contributed by atoms with van der Waals surface area (Å²) in [6, 6.07) is 1.15. The summed E-state index contributed by atoms with van der Waals surface area (Å²) >= 11 is 5.48. The molecule has 1 rings (SSSR count). The van der Waals surface area contributed by atoms with E-state index in [4.69, 9.17) is 11.6 Å². The lowest BCUT2D eigenvalue weighted by molar-refractivity contribution is -0.0760. The lowest BCUT2D eigenvalue weighted by atomic mass is 10.3. The number of amides is 1. The first kappa shape index (κ1) is 10.9. The molecule has 1 heterocycles. The van der Waals surface area contributed by atoms with Crippen LogP contribution in [0.15, 0.2) is 12.3 Å². The van der Waals surface area contributed by atoms with Crippen LogP contribution in [0.5, 0.6) is 0 Å². The molecule has 1 aromatic rings. The van der Waals surface area contributed by atoms with Gasteiger partial charge in [0.2, 0.25) is 0 Å². The fourth-order valence-corrected chi connectivity index (χ4v) is 0.927. The van der Waals surface area contributed by atoms with Crippen LogP contribution in [0.25, 0.3) is 0 Å². The average Bonchev–Trinajstić information content (AvgIpc) is 2.20. The molecule has 0 aromatic carbocycles. The van der Waals surface area contributed by atoms with Gasteiger partial charge < -0.3 is 0 Å². The van der Waals surface area contributed by atoms with Crippen molar-refractivity contribution in [1.82, 2.24) is 10.0 Å². The second kappa shape index (κ2) is 4.34. The molecule has 0 fully saturated rings. The normalized spacial score (nSPS) is 10.0. The second-order valence-electron chi connectivity index (χ2n) is 2.47. The van der Waals surface area contributed by atoms with Crippen molar-refractivity contribution in [2.75, 3.05) is 14.2 Å². The number of hydroxylamine groups is 2. The van der Waals surface area contributed by atoms with Gasteiger partial charge in [0.1, 0.15) is 5.69 Å². The first-order valence-corrected chi connectivity index (χ1v) is 4.07. The lowest BCUT2D eigenvalue weighted by Crippen LogP contribution is -2.26. The molecule has 0 saturated carbocycles. The molecule has 14 heavy (non-hydrogen) atoms. The highest BCUT2D eigenvalue weighted by molar-refractivity contribution is 6.31. The summed E-state index contributed by atoms with van der Waals surface area (Å²) in [5.74, 6) is -1.15. The first-order valence-electron chi connectivity index (χ1n) is 3.69. The number of rotatable bonds is 2. The van der Waals surface area contributed by atoms with Gasteiger partial charge in [-0.2, -0.15) is 0 Å². The summed E-state index contributed by atoms with van der Waals surface area (Å²) in [7, 11) is 2.75. The van der Waals surface area contributed by atoms with Crippen molar-refractivity contribution in [3.8, 4) is 0 Å². The summed E-state index contributed by atoms with van der Waals surface area (Å²) in [5, 5.41) is 0.823. The van der Waals surface area contributed by atoms with E-state index in [1.807, 2.05) is 0 Å². The Kier molecular flexibility index (Phi) is 3.38. The van der Waals surface area contributed by atoms with Gasteiger partial charge in [0.15, 0.2) is 5.82 Å². The average molecular weight is 219 g/mol. The quantitative estimate of drug-likeness (QED) is 0.707. The summed E-state index contributed by atoms with van der Waals surface area (Å²) in [6.07, 6.45) is 0.888. The molecule has 76 valence electrons. The zero-order chi connectivity index (χ0) is 10.7. The number of carbonyl (C=O) groups is 1. The third-order valence-electron chi connectivity index (χ3n) is 1.59. The molecular weight excluding hydrogens is 211 g/mol. The molecule has 0 atom stereocenters. The van der Waals surface area contributed by atoms with Crippen LogP contribution in [0.1, 0.15) is 10.5 Å². The smallest absolute Gasteiger partial charge is 0.274 e. The molecule has 0 unspecified atom stereocenters. The number of halogens is 2. The minimum atomic E-state index is -0.664. The third-order valence-corrected chi connectivity index (χ3v) is 1.88. The predicted molar refractivity (Wildman–Crippen MR) is 48.3 cm³/mol. The maximum absolute atomic E-state index is 12.7. The molecule has 1 amide bonds. The number of pyridine rings is 1. The van der Waals surface area contributed by atoms with Crippen LogP contribution < -0.4 is 0 Å². The van der Waals surface area contributed by atoms with E-state index < -0.39 is 11.7 Å². The molecule has 0 radical (unpaired) electrons. The van der Waals surface area contributed by atoms with Gasteiger partial charge >= 0.3 is 0 Å². The highest BCUT2D eigenvalue weighted by atomic mass is 35.5. The highest BCUT2D eigenvalue weighted by Crippen LogP contribution is 2.14. The van der Waals surface area contributed by atoms with Gasteiger partial charge in [0.05, 0.1) is 18.3 Å². The van der Waals surface area contributed by atoms with E-state index in [0.29, 0.717) is 0 Å². The van der Waals surface area contributed by atoms with Gasteiger partial charge in [-0.05, 0) is 6.07 Å². The van der Waals surface area contributed by atoms with E-state index >= 15 is 0 Å². The summed E-state index contributed by atoms with van der Waals surface area (Å²) in [4.78, 5) is 19.6. The molecule has 6 heteroatoms. The Bertz CT molecular complexity index is 359. The van der Waals surface area contributed by atoms with E-state index in [1.54, 1.807) is 0 Å². The van der Waals surface area contributed by atoms with E-state index in [9.17, 15) is 9.18 Å². The molecule has 0 saturated heterocycles. The molecule has 0 spiro atoms. The van der Waals surface area contributed by atoms with Crippen molar-refractivity contribution in [2.24, 2.45) is 0 Å². The minimum Gasteiger partial charge on any atom is -0.274 e. The van der Waals surface area contributed by atoms with Crippen molar-refractivity contribution >= 4 is 17.5 Å². The predicted octanol–water partition coefficient (Wildman–Crippen LogP) is 1.51. The van der Waals surface area contributed by atoms with Crippen molar-refractivity contribution < 1.29 is 14.0 Å². The van der Waals surface area contributed by atoms with Gasteiger partial charge in [0.25, 0.3) is 5.91 Å². The molecular formula is C8H8ClFN2O2. The Hall–Kier alpha value is -1.20. The number of hydrogen-bond acceptors (Lipinski definition) is 3. The van der Waals surface area contributed by atoms with Crippen molar-refractivity contribution in [3.05, 3.63) is 28.8 Å². The Morgan fingerprint density at radius 3 is 2.86 bits per heavy atom. The zero-order valence-electron chi connectivity index (χ0n) is 7.62. The Morgan fingerprint density at radius 2 is 2.36 bits per heavy atom. The summed E-state index contributed by atoms with van der Waals surface area (Å²) in [5.41, 5.74) is 0.0285. The molecule has 4 nitrogen and oxygen atoms in total. The van der Waals surface area contributed by atoms with Crippen LogP contribution >= 0.6 is 11.6 Å². The third kappa shape index (κ3) is 2.18. The second-order valence-corrected chi connectivity index (χ2v) is 2.88. The van der Waals surface area contributed by atoms with Crippen LogP contribution in [0, 0.1) is 5.82 Å². The van der Waals surface area contributed by atoms with E-state index in [1.165, 1.54) is 14.2 Å². The summed E-state index contributed by atoms with van der Waals surface area (Å²) in [6.45, 7) is 0. The van der Waals surface area contributed by atoms with Gasteiger partial charge in [-0.3, -0.25) is 9.63 Å². The number of nitrogens with zero attached hydrogens (tertiary/aromatic N) is 2.